The second kappa shape index (κ2) is 8.68. The first-order valence-electron chi connectivity index (χ1n) is 6.67. The van der Waals surface area contributed by atoms with Crippen molar-refractivity contribution in [3.8, 4) is 5.75 Å². The first-order chi connectivity index (χ1) is 9.88. The van der Waals surface area contributed by atoms with Crippen LogP contribution in [0.4, 0.5) is 0 Å². The lowest BCUT2D eigenvalue weighted by atomic mass is 10.2. The van der Waals surface area contributed by atoms with E-state index in [0.717, 1.165) is 31.0 Å². The van der Waals surface area contributed by atoms with Crippen molar-refractivity contribution in [3.63, 3.8) is 0 Å². The Labute approximate surface area is 123 Å². The van der Waals surface area contributed by atoms with Gasteiger partial charge in [-0.1, -0.05) is 0 Å². The highest BCUT2D eigenvalue weighted by atomic mass is 32.1. The average Bonchev–Trinajstić information content (AvgIpc) is 2.98. The van der Waals surface area contributed by atoms with Gasteiger partial charge in [-0.2, -0.15) is 11.3 Å². The zero-order valence-corrected chi connectivity index (χ0v) is 12.5. The van der Waals surface area contributed by atoms with E-state index in [2.05, 4.69) is 27.1 Å². The number of hydrogen-bond donors (Lipinski definition) is 1. The molecule has 0 aliphatic rings. The number of thiophene rings is 1. The summed E-state index contributed by atoms with van der Waals surface area (Å²) in [6.07, 6.45) is 2.71. The van der Waals surface area contributed by atoms with E-state index in [1.807, 2.05) is 12.1 Å². The molecule has 1 N–H and O–H groups in total. The first-order valence-corrected chi connectivity index (χ1v) is 7.61. The van der Waals surface area contributed by atoms with E-state index >= 15 is 0 Å². The van der Waals surface area contributed by atoms with Gasteiger partial charge in [-0.05, 0) is 34.5 Å². The Bertz CT molecular complexity index is 471. The standard InChI is InChI=1S/C15H20N2O2S/c1-18-8-6-16-10-14-2-3-15(11-17-14)19-7-4-13-5-9-20-12-13/h2-3,5,9,11-12,16H,4,6-8,10H2,1H3. The number of hydrogen-bond acceptors (Lipinski definition) is 5. The third-order valence-electron chi connectivity index (χ3n) is 2.83. The van der Waals surface area contributed by atoms with Crippen molar-refractivity contribution in [2.75, 3.05) is 26.9 Å². The van der Waals surface area contributed by atoms with Crippen LogP contribution in [0.5, 0.6) is 5.75 Å². The van der Waals surface area contributed by atoms with E-state index in [9.17, 15) is 0 Å². The number of methoxy groups -OCH3 is 1. The lowest BCUT2D eigenvalue weighted by Gasteiger charge is -2.07. The molecule has 0 aromatic carbocycles. The fourth-order valence-corrected chi connectivity index (χ4v) is 2.42. The number of pyridine rings is 1. The molecule has 0 spiro atoms. The molecule has 0 unspecified atom stereocenters. The summed E-state index contributed by atoms with van der Waals surface area (Å²) in [7, 11) is 1.70. The Morgan fingerprint density at radius 3 is 2.90 bits per heavy atom. The fraction of sp³-hybridized carbons (Fsp3) is 0.400. The highest BCUT2D eigenvalue weighted by Gasteiger charge is 1.98. The minimum atomic E-state index is 0.684. The summed E-state index contributed by atoms with van der Waals surface area (Å²) in [5.74, 6) is 0.820. The van der Waals surface area contributed by atoms with E-state index in [0.29, 0.717) is 13.2 Å². The number of nitrogens with one attached hydrogen (secondary N) is 1. The maximum absolute atomic E-state index is 5.68. The SMILES string of the molecule is COCCNCc1ccc(OCCc2ccsc2)cn1. The molecule has 20 heavy (non-hydrogen) atoms. The van der Waals surface area contributed by atoms with Crippen molar-refractivity contribution in [3.05, 3.63) is 46.4 Å². The monoisotopic (exact) mass is 292 g/mol. The minimum Gasteiger partial charge on any atom is -0.492 e. The van der Waals surface area contributed by atoms with Crippen molar-refractivity contribution >= 4 is 11.3 Å². The van der Waals surface area contributed by atoms with Crippen LogP contribution in [0.25, 0.3) is 0 Å². The Kier molecular flexibility index (Phi) is 6.50. The van der Waals surface area contributed by atoms with Crippen molar-refractivity contribution < 1.29 is 9.47 Å². The summed E-state index contributed by atoms with van der Waals surface area (Å²) < 4.78 is 10.7. The Morgan fingerprint density at radius 1 is 1.25 bits per heavy atom. The van der Waals surface area contributed by atoms with Gasteiger partial charge in [-0.15, -0.1) is 0 Å². The molecule has 5 heteroatoms. The van der Waals surface area contributed by atoms with Crippen LogP contribution in [0, 0.1) is 0 Å². The summed E-state index contributed by atoms with van der Waals surface area (Å²) in [6, 6.07) is 6.08. The molecule has 0 saturated heterocycles. The van der Waals surface area contributed by atoms with Crippen LogP contribution >= 0.6 is 11.3 Å². The molecule has 2 rings (SSSR count). The Balaban J connectivity index is 1.68. The summed E-state index contributed by atoms with van der Waals surface area (Å²) in [5.41, 5.74) is 2.33. The normalized spacial score (nSPS) is 10.7. The van der Waals surface area contributed by atoms with Gasteiger partial charge in [0.2, 0.25) is 0 Å². The molecule has 0 atom stereocenters. The molecule has 108 valence electrons. The molecule has 4 nitrogen and oxygen atoms in total. The molecule has 2 aromatic heterocycles. The summed E-state index contributed by atoms with van der Waals surface area (Å²) in [6.45, 7) is 2.98. The van der Waals surface area contributed by atoms with Crippen LogP contribution in [0.2, 0.25) is 0 Å². The molecular weight excluding hydrogens is 272 g/mol. The molecule has 0 saturated carbocycles. The third kappa shape index (κ3) is 5.28. The molecular formula is C15H20N2O2S. The van der Waals surface area contributed by atoms with Crippen LogP contribution in [0.1, 0.15) is 11.3 Å². The lowest BCUT2D eigenvalue weighted by molar-refractivity contribution is 0.199. The fourth-order valence-electron chi connectivity index (χ4n) is 1.71. The molecule has 0 fully saturated rings. The smallest absolute Gasteiger partial charge is 0.137 e. The van der Waals surface area contributed by atoms with E-state index in [-0.39, 0.29) is 0 Å². The highest BCUT2D eigenvalue weighted by molar-refractivity contribution is 7.07. The van der Waals surface area contributed by atoms with E-state index in [1.54, 1.807) is 24.6 Å². The molecule has 0 aliphatic carbocycles. The quantitative estimate of drug-likeness (QED) is 0.721. The second-order valence-corrected chi connectivity index (χ2v) is 5.16. The minimum absolute atomic E-state index is 0.684. The molecule has 0 aliphatic heterocycles. The van der Waals surface area contributed by atoms with Crippen molar-refractivity contribution in [1.82, 2.24) is 10.3 Å². The molecule has 0 amide bonds. The molecule has 2 heterocycles. The molecule has 0 bridgehead atoms. The predicted octanol–water partition coefficient (Wildman–Crippen LogP) is 2.50. The van der Waals surface area contributed by atoms with Gasteiger partial charge in [-0.25, -0.2) is 0 Å². The highest BCUT2D eigenvalue weighted by Crippen LogP contribution is 2.11. The van der Waals surface area contributed by atoms with Gasteiger partial charge >= 0.3 is 0 Å². The molecule has 2 aromatic rings. The Morgan fingerprint density at radius 2 is 2.20 bits per heavy atom. The average molecular weight is 292 g/mol. The number of aromatic nitrogens is 1. The largest absolute Gasteiger partial charge is 0.492 e. The number of rotatable bonds is 9. The van der Waals surface area contributed by atoms with Crippen LogP contribution in [-0.2, 0) is 17.7 Å². The van der Waals surface area contributed by atoms with Gasteiger partial charge < -0.3 is 14.8 Å². The first kappa shape index (κ1) is 15.0. The maximum atomic E-state index is 5.68. The van der Waals surface area contributed by atoms with Crippen molar-refractivity contribution in [2.24, 2.45) is 0 Å². The Hall–Kier alpha value is -1.43. The van der Waals surface area contributed by atoms with Crippen LogP contribution in [0.15, 0.2) is 35.2 Å². The van der Waals surface area contributed by atoms with E-state index in [4.69, 9.17) is 9.47 Å². The lowest BCUT2D eigenvalue weighted by Crippen LogP contribution is -2.19. The zero-order valence-electron chi connectivity index (χ0n) is 11.7. The van der Waals surface area contributed by atoms with Gasteiger partial charge in [-0.3, -0.25) is 4.98 Å². The summed E-state index contributed by atoms with van der Waals surface area (Å²) in [5, 5.41) is 7.49. The maximum Gasteiger partial charge on any atom is 0.137 e. The molecule has 0 radical (unpaired) electrons. The van der Waals surface area contributed by atoms with Gasteiger partial charge in [0, 0.05) is 26.6 Å². The number of nitrogens with zero attached hydrogens (tertiary/aromatic N) is 1. The summed E-state index contributed by atoms with van der Waals surface area (Å²) in [4.78, 5) is 4.37. The number of ether oxygens (including phenoxy) is 2. The van der Waals surface area contributed by atoms with E-state index < -0.39 is 0 Å². The summed E-state index contributed by atoms with van der Waals surface area (Å²) >= 11 is 1.72. The van der Waals surface area contributed by atoms with Crippen LogP contribution < -0.4 is 10.1 Å². The van der Waals surface area contributed by atoms with Gasteiger partial charge in [0.15, 0.2) is 0 Å². The second-order valence-electron chi connectivity index (χ2n) is 4.38. The van der Waals surface area contributed by atoms with Crippen molar-refractivity contribution in [1.29, 1.82) is 0 Å². The van der Waals surface area contributed by atoms with Gasteiger partial charge in [0.25, 0.3) is 0 Å². The third-order valence-corrected chi connectivity index (χ3v) is 3.56. The zero-order chi connectivity index (χ0) is 14.0. The van der Waals surface area contributed by atoms with Crippen molar-refractivity contribution in [2.45, 2.75) is 13.0 Å². The van der Waals surface area contributed by atoms with Gasteiger partial charge in [0.1, 0.15) is 5.75 Å². The topological polar surface area (TPSA) is 43.4 Å². The van der Waals surface area contributed by atoms with E-state index in [1.165, 1.54) is 5.56 Å². The van der Waals surface area contributed by atoms with Gasteiger partial charge in [0.05, 0.1) is 25.1 Å². The van der Waals surface area contributed by atoms with Crippen LogP contribution in [-0.4, -0.2) is 31.9 Å². The van der Waals surface area contributed by atoms with Crippen LogP contribution in [0.3, 0.4) is 0 Å². The predicted molar refractivity (Wildman–Crippen MR) is 81.3 cm³/mol.